The van der Waals surface area contributed by atoms with Crippen molar-refractivity contribution < 1.29 is 14.3 Å². The molecule has 2 aromatic rings. The second kappa shape index (κ2) is 8.47. The number of carbonyl (C=O) groups is 2. The van der Waals surface area contributed by atoms with E-state index in [-0.39, 0.29) is 18.4 Å². The molecule has 6 heteroatoms. The summed E-state index contributed by atoms with van der Waals surface area (Å²) >= 11 is 0. The molecule has 3 rings (SSSR count). The average Bonchev–Trinajstić information content (AvgIpc) is 2.69. The molecule has 136 valence electrons. The Labute approximate surface area is 153 Å². The second-order valence-corrected chi connectivity index (χ2v) is 6.33. The number of rotatable bonds is 6. The summed E-state index contributed by atoms with van der Waals surface area (Å²) in [5, 5.41) is 0. The number of benzene rings is 1. The molecule has 6 nitrogen and oxygen atoms in total. The number of hydrogen-bond acceptors (Lipinski definition) is 4. The number of aryl methyl sites for hydroxylation is 1. The summed E-state index contributed by atoms with van der Waals surface area (Å²) in [6.45, 7) is 1.86. The third-order valence-electron chi connectivity index (χ3n) is 4.58. The van der Waals surface area contributed by atoms with Crippen LogP contribution in [-0.4, -0.2) is 53.3 Å². The highest BCUT2D eigenvalue weighted by Crippen LogP contribution is 2.15. The van der Waals surface area contributed by atoms with Gasteiger partial charge in [0.15, 0.2) is 0 Å². The first kappa shape index (κ1) is 17.9. The van der Waals surface area contributed by atoms with Crippen molar-refractivity contribution in [3.8, 4) is 5.75 Å². The monoisotopic (exact) mass is 353 g/mol. The quantitative estimate of drug-likeness (QED) is 0.796. The zero-order valence-corrected chi connectivity index (χ0v) is 14.9. The molecule has 1 saturated heterocycles. The van der Waals surface area contributed by atoms with Gasteiger partial charge in [-0.3, -0.25) is 14.6 Å². The molecule has 1 fully saturated rings. The Hall–Kier alpha value is -2.89. The summed E-state index contributed by atoms with van der Waals surface area (Å²) in [7, 11) is 1.63. The van der Waals surface area contributed by atoms with Gasteiger partial charge in [0, 0.05) is 38.4 Å². The molecule has 2 amide bonds. The van der Waals surface area contributed by atoms with E-state index < -0.39 is 0 Å². The summed E-state index contributed by atoms with van der Waals surface area (Å²) in [6, 6.07) is 11.5. The second-order valence-electron chi connectivity index (χ2n) is 6.33. The number of carbonyl (C=O) groups excluding carboxylic acids is 2. The molecule has 0 radical (unpaired) electrons. The van der Waals surface area contributed by atoms with Gasteiger partial charge in [-0.15, -0.1) is 0 Å². The van der Waals surface area contributed by atoms with E-state index in [4.69, 9.17) is 4.74 Å². The van der Waals surface area contributed by atoms with Crippen molar-refractivity contribution in [1.29, 1.82) is 0 Å². The highest BCUT2D eigenvalue weighted by atomic mass is 16.5. The van der Waals surface area contributed by atoms with E-state index in [1.54, 1.807) is 29.3 Å². The van der Waals surface area contributed by atoms with E-state index in [0.717, 1.165) is 16.9 Å². The van der Waals surface area contributed by atoms with Gasteiger partial charge in [0.2, 0.25) is 11.8 Å². The van der Waals surface area contributed by atoms with Crippen LogP contribution in [0.25, 0.3) is 0 Å². The maximum atomic E-state index is 12.4. The van der Waals surface area contributed by atoms with Crippen molar-refractivity contribution >= 4 is 11.8 Å². The molecule has 0 saturated carbocycles. The average molecular weight is 353 g/mol. The number of piperazine rings is 1. The van der Waals surface area contributed by atoms with Gasteiger partial charge >= 0.3 is 0 Å². The molecule has 26 heavy (non-hydrogen) atoms. The zero-order chi connectivity index (χ0) is 18.4. The van der Waals surface area contributed by atoms with E-state index in [9.17, 15) is 9.59 Å². The van der Waals surface area contributed by atoms with Gasteiger partial charge in [-0.2, -0.15) is 0 Å². The molecular weight excluding hydrogens is 330 g/mol. The maximum Gasteiger partial charge on any atom is 0.242 e. The number of nitrogens with zero attached hydrogens (tertiary/aromatic N) is 3. The summed E-state index contributed by atoms with van der Waals surface area (Å²) in [5.74, 6) is 0.813. The lowest BCUT2D eigenvalue weighted by Gasteiger charge is -2.34. The third-order valence-corrected chi connectivity index (χ3v) is 4.58. The van der Waals surface area contributed by atoms with Gasteiger partial charge in [0.1, 0.15) is 5.75 Å². The van der Waals surface area contributed by atoms with Gasteiger partial charge in [-0.05, 0) is 41.8 Å². The number of amides is 2. The van der Waals surface area contributed by atoms with Crippen molar-refractivity contribution in [2.75, 3.05) is 26.7 Å². The van der Waals surface area contributed by atoms with E-state index in [1.807, 2.05) is 36.4 Å². The predicted octanol–water partition coefficient (Wildman–Crippen LogP) is 1.89. The Bertz CT molecular complexity index is 747. The Morgan fingerprint density at radius 1 is 1.08 bits per heavy atom. The Kier molecular flexibility index (Phi) is 5.84. The van der Waals surface area contributed by atoms with Crippen molar-refractivity contribution in [2.45, 2.75) is 19.4 Å². The van der Waals surface area contributed by atoms with Crippen molar-refractivity contribution in [1.82, 2.24) is 14.8 Å². The topological polar surface area (TPSA) is 62.7 Å². The molecule has 0 aliphatic carbocycles. The van der Waals surface area contributed by atoms with Crippen molar-refractivity contribution in [3.05, 3.63) is 59.9 Å². The fourth-order valence-corrected chi connectivity index (χ4v) is 3.00. The van der Waals surface area contributed by atoms with Crippen LogP contribution in [0, 0.1) is 0 Å². The lowest BCUT2D eigenvalue weighted by molar-refractivity contribution is -0.145. The van der Waals surface area contributed by atoms with Gasteiger partial charge in [0.25, 0.3) is 0 Å². The minimum absolute atomic E-state index is 0.00988. The van der Waals surface area contributed by atoms with E-state index in [1.165, 1.54) is 0 Å². The molecule has 0 atom stereocenters. The van der Waals surface area contributed by atoms with Crippen LogP contribution in [0.3, 0.4) is 0 Å². The summed E-state index contributed by atoms with van der Waals surface area (Å²) < 4.78 is 5.15. The Morgan fingerprint density at radius 3 is 2.46 bits per heavy atom. The first-order chi connectivity index (χ1) is 12.7. The zero-order valence-electron chi connectivity index (χ0n) is 14.9. The number of methoxy groups -OCH3 is 1. The molecule has 2 heterocycles. The van der Waals surface area contributed by atoms with Crippen LogP contribution in [-0.2, 0) is 22.6 Å². The maximum absolute atomic E-state index is 12.4. The smallest absolute Gasteiger partial charge is 0.242 e. The largest absolute Gasteiger partial charge is 0.497 e. The number of pyridine rings is 1. The van der Waals surface area contributed by atoms with Gasteiger partial charge in [-0.1, -0.05) is 12.1 Å². The molecule has 0 unspecified atom stereocenters. The van der Waals surface area contributed by atoms with Crippen molar-refractivity contribution in [3.63, 3.8) is 0 Å². The third kappa shape index (κ3) is 4.59. The summed E-state index contributed by atoms with van der Waals surface area (Å²) in [5.41, 5.74) is 2.13. The van der Waals surface area contributed by atoms with E-state index >= 15 is 0 Å². The summed E-state index contributed by atoms with van der Waals surface area (Å²) in [6.07, 6.45) is 4.53. The predicted molar refractivity (Wildman–Crippen MR) is 97.5 cm³/mol. The molecule has 1 aromatic carbocycles. The van der Waals surface area contributed by atoms with Crippen LogP contribution in [0.2, 0.25) is 0 Å². The van der Waals surface area contributed by atoms with Crippen LogP contribution >= 0.6 is 0 Å². The molecule has 1 aromatic heterocycles. The lowest BCUT2D eigenvalue weighted by Crippen LogP contribution is -2.51. The lowest BCUT2D eigenvalue weighted by atomic mass is 10.1. The first-order valence-corrected chi connectivity index (χ1v) is 8.73. The highest BCUT2D eigenvalue weighted by Gasteiger charge is 2.26. The molecule has 0 bridgehead atoms. The standard InChI is InChI=1S/C20H23N3O3/c1-26-18-5-2-17(3-6-18)14-22-12-13-23(15-20(22)25)19(24)7-4-16-8-10-21-11-9-16/h2-3,5-6,8-11H,4,7,12-15H2,1H3. The molecule has 1 aliphatic rings. The van der Waals surface area contributed by atoms with E-state index in [0.29, 0.717) is 32.5 Å². The van der Waals surface area contributed by atoms with Crippen LogP contribution < -0.4 is 4.74 Å². The fourth-order valence-electron chi connectivity index (χ4n) is 3.00. The number of aromatic nitrogens is 1. The van der Waals surface area contributed by atoms with E-state index in [2.05, 4.69) is 4.98 Å². The normalized spacial score (nSPS) is 14.4. The van der Waals surface area contributed by atoms with Gasteiger partial charge < -0.3 is 14.5 Å². The Morgan fingerprint density at radius 2 is 1.81 bits per heavy atom. The van der Waals surface area contributed by atoms with Crippen LogP contribution in [0.15, 0.2) is 48.8 Å². The SMILES string of the molecule is COc1ccc(CN2CCN(C(=O)CCc3ccncc3)CC2=O)cc1. The van der Waals surface area contributed by atoms with Crippen LogP contribution in [0.5, 0.6) is 5.75 Å². The fraction of sp³-hybridized carbons (Fsp3) is 0.350. The van der Waals surface area contributed by atoms with Gasteiger partial charge in [-0.25, -0.2) is 0 Å². The van der Waals surface area contributed by atoms with Crippen molar-refractivity contribution in [2.24, 2.45) is 0 Å². The highest BCUT2D eigenvalue weighted by molar-refractivity contribution is 5.86. The Balaban J connectivity index is 1.49. The molecule has 0 spiro atoms. The minimum atomic E-state index is -0.00988. The number of hydrogen-bond donors (Lipinski definition) is 0. The van der Waals surface area contributed by atoms with Crippen LogP contribution in [0.1, 0.15) is 17.5 Å². The number of ether oxygens (including phenoxy) is 1. The molecular formula is C20H23N3O3. The molecule has 0 N–H and O–H groups in total. The first-order valence-electron chi connectivity index (χ1n) is 8.73. The molecule has 1 aliphatic heterocycles. The van der Waals surface area contributed by atoms with Gasteiger partial charge in [0.05, 0.1) is 13.7 Å². The minimum Gasteiger partial charge on any atom is -0.497 e. The van der Waals surface area contributed by atoms with Crippen LogP contribution in [0.4, 0.5) is 0 Å². The summed E-state index contributed by atoms with van der Waals surface area (Å²) in [4.78, 5) is 32.2.